The molecule has 0 fully saturated rings. The largest absolute Gasteiger partial charge is 0.506 e. The minimum Gasteiger partial charge on any atom is -0.506 e. The van der Waals surface area contributed by atoms with Crippen molar-refractivity contribution in [1.29, 1.82) is 0 Å². The summed E-state index contributed by atoms with van der Waals surface area (Å²) in [6.07, 6.45) is 0. The molecule has 5 nitrogen and oxygen atoms in total. The number of nitrogens with one attached hydrogen (secondary N) is 1. The lowest BCUT2D eigenvalue weighted by atomic mass is 9.93. The van der Waals surface area contributed by atoms with E-state index in [1.54, 1.807) is 36.4 Å². The zero-order valence-corrected chi connectivity index (χ0v) is 20.9. The van der Waals surface area contributed by atoms with Crippen LogP contribution in [0, 0.1) is 0 Å². The molecule has 0 saturated heterocycles. The van der Waals surface area contributed by atoms with Crippen LogP contribution in [-0.2, 0) is 0 Å². The van der Waals surface area contributed by atoms with Crippen molar-refractivity contribution in [3.05, 3.63) is 137 Å². The molecule has 0 radical (unpaired) electrons. The number of rotatable bonds is 6. The Morgan fingerprint density at radius 1 is 0.737 bits per heavy atom. The first-order valence-corrected chi connectivity index (χ1v) is 12.8. The Labute approximate surface area is 222 Å². The molecular formula is C32H21NO4S. The summed E-state index contributed by atoms with van der Waals surface area (Å²) in [7, 11) is 0. The van der Waals surface area contributed by atoms with Crippen molar-refractivity contribution in [3.8, 4) is 27.3 Å². The van der Waals surface area contributed by atoms with E-state index in [0.29, 0.717) is 37.5 Å². The van der Waals surface area contributed by atoms with Gasteiger partial charge >= 0.3 is 5.63 Å². The summed E-state index contributed by atoms with van der Waals surface area (Å²) >= 11 is 1.24. The van der Waals surface area contributed by atoms with Crippen molar-refractivity contribution < 1.29 is 14.3 Å². The molecule has 2 heterocycles. The van der Waals surface area contributed by atoms with E-state index in [0.717, 1.165) is 11.3 Å². The smallest absolute Gasteiger partial charge is 0.348 e. The molecule has 184 valence electrons. The highest BCUT2D eigenvalue weighted by Crippen LogP contribution is 2.49. The first kappa shape index (κ1) is 23.5. The maximum Gasteiger partial charge on any atom is 0.348 e. The molecule has 2 aromatic heterocycles. The third-order valence-corrected chi connectivity index (χ3v) is 7.40. The number of thiophene rings is 1. The standard InChI is InChI=1S/C32H21NO4S/c34-28(21-14-6-2-7-15-21)26-25(20-12-4-1-5-13-20)30(38-31(26)33-22-16-8-3-9-17-22)27-29(35)23-18-10-11-19-24(23)37-32(27)36/h1-19,33,35H. The summed E-state index contributed by atoms with van der Waals surface area (Å²) in [5.74, 6) is -0.379. The summed E-state index contributed by atoms with van der Waals surface area (Å²) in [5, 5.41) is 15.7. The number of fused-ring (bicyclic) bond motifs is 1. The lowest BCUT2D eigenvalue weighted by Gasteiger charge is -2.11. The molecule has 2 N–H and O–H groups in total. The first-order chi connectivity index (χ1) is 18.6. The van der Waals surface area contributed by atoms with E-state index in [1.807, 2.05) is 78.9 Å². The molecule has 0 aliphatic rings. The van der Waals surface area contributed by atoms with Crippen LogP contribution in [0.5, 0.6) is 5.75 Å². The summed E-state index contributed by atoms with van der Waals surface area (Å²) in [4.78, 5) is 27.9. The van der Waals surface area contributed by atoms with Crippen molar-refractivity contribution in [3.63, 3.8) is 0 Å². The molecule has 0 saturated carbocycles. The van der Waals surface area contributed by atoms with E-state index in [4.69, 9.17) is 4.42 Å². The number of hydrogen-bond acceptors (Lipinski definition) is 6. The van der Waals surface area contributed by atoms with Gasteiger partial charge < -0.3 is 14.8 Å². The van der Waals surface area contributed by atoms with Gasteiger partial charge in [-0.15, -0.1) is 11.3 Å². The van der Waals surface area contributed by atoms with Gasteiger partial charge in [0.05, 0.1) is 15.8 Å². The third kappa shape index (κ3) is 4.17. The molecule has 6 heteroatoms. The highest BCUT2D eigenvalue weighted by atomic mass is 32.1. The molecule has 0 atom stereocenters. The van der Waals surface area contributed by atoms with Crippen LogP contribution < -0.4 is 10.9 Å². The van der Waals surface area contributed by atoms with Crippen LogP contribution in [0.25, 0.3) is 32.5 Å². The van der Waals surface area contributed by atoms with Crippen LogP contribution in [0.2, 0.25) is 0 Å². The number of benzene rings is 4. The summed E-state index contributed by atoms with van der Waals surface area (Å²) in [6, 6.07) is 34.8. The zero-order valence-electron chi connectivity index (χ0n) is 20.0. The number of carbonyl (C=O) groups excluding carboxylic acids is 1. The van der Waals surface area contributed by atoms with Gasteiger partial charge in [-0.05, 0) is 29.8 Å². The first-order valence-electron chi connectivity index (χ1n) is 12.0. The van der Waals surface area contributed by atoms with Crippen molar-refractivity contribution >= 4 is 38.8 Å². The second-order valence-electron chi connectivity index (χ2n) is 8.67. The van der Waals surface area contributed by atoms with Crippen molar-refractivity contribution in [1.82, 2.24) is 0 Å². The van der Waals surface area contributed by atoms with E-state index in [2.05, 4.69) is 5.32 Å². The molecule has 0 unspecified atom stereocenters. The summed E-state index contributed by atoms with van der Waals surface area (Å²) in [5.41, 5.74) is 2.65. The predicted octanol–water partition coefficient (Wildman–Crippen LogP) is 7.87. The maximum atomic E-state index is 14.1. The number of aromatic hydroxyl groups is 1. The number of anilines is 2. The number of ketones is 1. The van der Waals surface area contributed by atoms with E-state index in [-0.39, 0.29) is 17.1 Å². The van der Waals surface area contributed by atoms with Gasteiger partial charge in [0.2, 0.25) is 0 Å². The Bertz CT molecular complexity index is 1820. The lowest BCUT2D eigenvalue weighted by Crippen LogP contribution is -2.06. The van der Waals surface area contributed by atoms with Gasteiger partial charge in [0, 0.05) is 16.8 Å². The Balaban J connectivity index is 1.69. The van der Waals surface area contributed by atoms with Gasteiger partial charge in [0.1, 0.15) is 21.9 Å². The second kappa shape index (κ2) is 9.84. The Hall–Kier alpha value is -4.94. The quantitative estimate of drug-likeness (QED) is 0.174. The molecule has 38 heavy (non-hydrogen) atoms. The van der Waals surface area contributed by atoms with Crippen molar-refractivity contribution in [2.45, 2.75) is 0 Å². The number of hydrogen-bond donors (Lipinski definition) is 2. The number of para-hydroxylation sites is 2. The van der Waals surface area contributed by atoms with Crippen molar-refractivity contribution in [2.75, 3.05) is 5.32 Å². The molecule has 0 aliphatic carbocycles. The highest BCUT2D eigenvalue weighted by Gasteiger charge is 2.30. The van der Waals surface area contributed by atoms with E-state index >= 15 is 0 Å². The summed E-state index contributed by atoms with van der Waals surface area (Å²) < 4.78 is 5.62. The van der Waals surface area contributed by atoms with Crippen LogP contribution in [0.3, 0.4) is 0 Å². The average Bonchev–Trinajstić information content (AvgIpc) is 3.32. The molecule has 0 spiro atoms. The van der Waals surface area contributed by atoms with Gasteiger partial charge in [0.15, 0.2) is 5.78 Å². The van der Waals surface area contributed by atoms with E-state index in [9.17, 15) is 14.7 Å². The molecule has 0 aliphatic heterocycles. The van der Waals surface area contributed by atoms with Crippen molar-refractivity contribution in [2.24, 2.45) is 0 Å². The summed E-state index contributed by atoms with van der Waals surface area (Å²) in [6.45, 7) is 0. The Morgan fingerprint density at radius 2 is 1.34 bits per heavy atom. The molecule has 6 rings (SSSR count). The maximum absolute atomic E-state index is 14.1. The van der Waals surface area contributed by atoms with Gasteiger partial charge in [-0.3, -0.25) is 4.79 Å². The SMILES string of the molecule is O=C(c1ccccc1)c1c(Nc2ccccc2)sc(-c2c(O)c3ccccc3oc2=O)c1-c1ccccc1. The van der Waals surface area contributed by atoms with E-state index < -0.39 is 5.63 Å². The monoisotopic (exact) mass is 515 g/mol. The van der Waals surface area contributed by atoms with Crippen LogP contribution in [0.1, 0.15) is 15.9 Å². The average molecular weight is 516 g/mol. The number of carbonyl (C=O) groups is 1. The highest BCUT2D eigenvalue weighted by molar-refractivity contribution is 7.20. The van der Waals surface area contributed by atoms with Gasteiger partial charge in [0.25, 0.3) is 0 Å². The third-order valence-electron chi connectivity index (χ3n) is 6.28. The Morgan fingerprint density at radius 3 is 2.05 bits per heavy atom. The molecule has 4 aromatic carbocycles. The fourth-order valence-electron chi connectivity index (χ4n) is 4.51. The second-order valence-corrected chi connectivity index (χ2v) is 9.69. The molecule has 0 bridgehead atoms. The van der Waals surface area contributed by atoms with Crippen LogP contribution >= 0.6 is 11.3 Å². The topological polar surface area (TPSA) is 79.5 Å². The molecule has 0 amide bonds. The normalized spacial score (nSPS) is 10.9. The predicted molar refractivity (Wildman–Crippen MR) is 152 cm³/mol. The Kier molecular flexibility index (Phi) is 6.08. The fourth-order valence-corrected chi connectivity index (χ4v) is 5.79. The minimum absolute atomic E-state index is 0.0239. The fraction of sp³-hybridized carbons (Fsp3) is 0. The lowest BCUT2D eigenvalue weighted by molar-refractivity contribution is 0.104. The minimum atomic E-state index is -0.676. The van der Waals surface area contributed by atoms with E-state index in [1.165, 1.54) is 11.3 Å². The van der Waals surface area contributed by atoms with Crippen LogP contribution in [0.15, 0.2) is 124 Å². The van der Waals surface area contributed by atoms with Crippen LogP contribution in [-0.4, -0.2) is 10.9 Å². The van der Waals surface area contributed by atoms with Gasteiger partial charge in [-0.1, -0.05) is 91.0 Å². The van der Waals surface area contributed by atoms with Gasteiger partial charge in [-0.25, -0.2) is 4.79 Å². The molecular weight excluding hydrogens is 494 g/mol. The zero-order chi connectivity index (χ0) is 26.1. The van der Waals surface area contributed by atoms with Crippen LogP contribution in [0.4, 0.5) is 10.7 Å². The molecule has 6 aromatic rings. The van der Waals surface area contributed by atoms with Gasteiger partial charge in [-0.2, -0.15) is 0 Å².